The quantitative estimate of drug-likeness (QED) is 0.718. The number of nitrogens with two attached hydrogens (primary N) is 1. The molecule has 14 heavy (non-hydrogen) atoms. The molecule has 0 aliphatic carbocycles. The molecule has 0 saturated carbocycles. The fourth-order valence-electron chi connectivity index (χ4n) is 1.07. The van der Waals surface area contributed by atoms with E-state index >= 15 is 0 Å². The highest BCUT2D eigenvalue weighted by molar-refractivity contribution is 5.61. The molecule has 3 N–H and O–H groups in total. The van der Waals surface area contributed by atoms with Crippen molar-refractivity contribution in [2.45, 2.75) is 20.3 Å². The highest BCUT2D eigenvalue weighted by atomic mass is 15.0. The number of rotatable bonds is 4. The van der Waals surface area contributed by atoms with Gasteiger partial charge in [0.05, 0.1) is 5.69 Å². The molecule has 0 unspecified atom stereocenters. The van der Waals surface area contributed by atoms with Crippen LogP contribution in [0, 0.1) is 6.92 Å². The third kappa shape index (κ3) is 2.76. The Balaban J connectivity index is 2.63. The molecule has 0 aliphatic heterocycles. The lowest BCUT2D eigenvalue weighted by Crippen LogP contribution is -2.07. The monoisotopic (exact) mass is 191 g/mol. The summed E-state index contributed by atoms with van der Waals surface area (Å²) in [6, 6.07) is 1.91. The van der Waals surface area contributed by atoms with E-state index in [-0.39, 0.29) is 0 Å². The molecule has 0 saturated heterocycles. The van der Waals surface area contributed by atoms with E-state index in [0.29, 0.717) is 5.69 Å². The number of anilines is 2. The standard InChI is InChI=1S/C11H17N3/c1-4-8(2)6-13-11-10(12)5-9(3)7-14-11/h5,7H,2,4,6,12H2,1,3H3,(H,13,14). The van der Waals surface area contributed by atoms with E-state index in [1.807, 2.05) is 13.0 Å². The summed E-state index contributed by atoms with van der Waals surface area (Å²) >= 11 is 0. The summed E-state index contributed by atoms with van der Waals surface area (Å²) in [6.07, 6.45) is 2.77. The molecule has 0 atom stereocenters. The molecule has 0 fully saturated rings. The molecule has 1 heterocycles. The van der Waals surface area contributed by atoms with Crippen molar-refractivity contribution in [3.8, 4) is 0 Å². The van der Waals surface area contributed by atoms with Gasteiger partial charge in [0.15, 0.2) is 0 Å². The van der Waals surface area contributed by atoms with Gasteiger partial charge in [0.1, 0.15) is 5.82 Å². The van der Waals surface area contributed by atoms with Crippen LogP contribution < -0.4 is 11.1 Å². The molecule has 3 heteroatoms. The van der Waals surface area contributed by atoms with Gasteiger partial charge in [0.2, 0.25) is 0 Å². The van der Waals surface area contributed by atoms with Gasteiger partial charge in [0.25, 0.3) is 0 Å². The molecule has 0 aliphatic rings. The fourth-order valence-corrected chi connectivity index (χ4v) is 1.07. The fraction of sp³-hybridized carbons (Fsp3) is 0.364. The lowest BCUT2D eigenvalue weighted by molar-refractivity contribution is 1.04. The second-order valence-corrected chi connectivity index (χ2v) is 3.41. The van der Waals surface area contributed by atoms with Gasteiger partial charge in [-0.15, -0.1) is 0 Å². The van der Waals surface area contributed by atoms with Gasteiger partial charge in [-0.05, 0) is 25.0 Å². The zero-order chi connectivity index (χ0) is 10.6. The first-order chi connectivity index (χ1) is 6.63. The average Bonchev–Trinajstić information content (AvgIpc) is 2.16. The van der Waals surface area contributed by atoms with E-state index in [4.69, 9.17) is 5.73 Å². The summed E-state index contributed by atoms with van der Waals surface area (Å²) < 4.78 is 0. The molecule has 0 spiro atoms. The van der Waals surface area contributed by atoms with Crippen LogP contribution >= 0.6 is 0 Å². The number of nitrogens with one attached hydrogen (secondary N) is 1. The van der Waals surface area contributed by atoms with Crippen LogP contribution in [0.25, 0.3) is 0 Å². The average molecular weight is 191 g/mol. The largest absolute Gasteiger partial charge is 0.396 e. The van der Waals surface area contributed by atoms with Crippen molar-refractivity contribution < 1.29 is 0 Å². The zero-order valence-corrected chi connectivity index (χ0v) is 8.80. The summed E-state index contributed by atoms with van der Waals surface area (Å²) in [6.45, 7) is 8.69. The number of hydrogen-bond acceptors (Lipinski definition) is 3. The number of aryl methyl sites for hydroxylation is 1. The Labute approximate surface area is 85.0 Å². The molecule has 0 radical (unpaired) electrons. The molecular weight excluding hydrogens is 174 g/mol. The smallest absolute Gasteiger partial charge is 0.149 e. The molecule has 1 rings (SSSR count). The maximum atomic E-state index is 5.79. The Hall–Kier alpha value is -1.51. The molecule has 76 valence electrons. The van der Waals surface area contributed by atoms with Gasteiger partial charge in [0, 0.05) is 12.7 Å². The first-order valence-corrected chi connectivity index (χ1v) is 4.76. The van der Waals surface area contributed by atoms with Gasteiger partial charge in [-0.25, -0.2) is 4.98 Å². The van der Waals surface area contributed by atoms with Crippen molar-refractivity contribution in [1.82, 2.24) is 4.98 Å². The predicted molar refractivity (Wildman–Crippen MR) is 61.3 cm³/mol. The van der Waals surface area contributed by atoms with Crippen LogP contribution in [0.15, 0.2) is 24.4 Å². The van der Waals surface area contributed by atoms with Gasteiger partial charge in [-0.3, -0.25) is 0 Å². The molecule has 0 bridgehead atoms. The molecule has 1 aromatic rings. The second kappa shape index (κ2) is 4.65. The van der Waals surface area contributed by atoms with E-state index in [9.17, 15) is 0 Å². The van der Waals surface area contributed by atoms with E-state index in [1.165, 1.54) is 0 Å². The summed E-state index contributed by atoms with van der Waals surface area (Å²) in [5.74, 6) is 0.741. The second-order valence-electron chi connectivity index (χ2n) is 3.41. The lowest BCUT2D eigenvalue weighted by Gasteiger charge is -2.09. The SMILES string of the molecule is C=C(CC)CNc1ncc(C)cc1N. The molecule has 0 amide bonds. The zero-order valence-electron chi connectivity index (χ0n) is 8.80. The first kappa shape index (κ1) is 10.6. The third-order valence-corrected chi connectivity index (χ3v) is 2.06. The number of pyridine rings is 1. The van der Waals surface area contributed by atoms with Crippen molar-refractivity contribution in [2.24, 2.45) is 0 Å². The Morgan fingerprint density at radius 3 is 2.93 bits per heavy atom. The number of nitrogens with zero attached hydrogens (tertiary/aromatic N) is 1. The molecular formula is C11H17N3. The summed E-state index contributed by atoms with van der Waals surface area (Å²) in [7, 11) is 0. The summed E-state index contributed by atoms with van der Waals surface area (Å²) in [5, 5.41) is 3.16. The number of aromatic nitrogens is 1. The Morgan fingerprint density at radius 2 is 2.36 bits per heavy atom. The number of hydrogen-bond donors (Lipinski definition) is 2. The van der Waals surface area contributed by atoms with Crippen molar-refractivity contribution in [2.75, 3.05) is 17.6 Å². The minimum absolute atomic E-state index is 0.689. The van der Waals surface area contributed by atoms with Crippen LogP contribution in [-0.2, 0) is 0 Å². The Bertz CT molecular complexity index is 331. The molecule has 3 nitrogen and oxygen atoms in total. The predicted octanol–water partition coefficient (Wildman–Crippen LogP) is 2.35. The van der Waals surface area contributed by atoms with Gasteiger partial charge in [-0.2, -0.15) is 0 Å². The van der Waals surface area contributed by atoms with Crippen molar-refractivity contribution >= 4 is 11.5 Å². The van der Waals surface area contributed by atoms with Crippen LogP contribution in [0.1, 0.15) is 18.9 Å². The van der Waals surface area contributed by atoms with Gasteiger partial charge in [-0.1, -0.05) is 19.1 Å². The number of nitrogen functional groups attached to an aromatic ring is 1. The highest BCUT2D eigenvalue weighted by Crippen LogP contribution is 2.15. The van der Waals surface area contributed by atoms with Crippen LogP contribution in [0.2, 0.25) is 0 Å². The van der Waals surface area contributed by atoms with Gasteiger partial charge < -0.3 is 11.1 Å². The van der Waals surface area contributed by atoms with Crippen molar-refractivity contribution in [3.05, 3.63) is 30.0 Å². The molecule has 0 aromatic carbocycles. The van der Waals surface area contributed by atoms with E-state index < -0.39 is 0 Å². The van der Waals surface area contributed by atoms with Crippen LogP contribution in [0.5, 0.6) is 0 Å². The van der Waals surface area contributed by atoms with E-state index in [0.717, 1.165) is 29.9 Å². The van der Waals surface area contributed by atoms with Crippen LogP contribution in [0.3, 0.4) is 0 Å². The Morgan fingerprint density at radius 1 is 1.64 bits per heavy atom. The van der Waals surface area contributed by atoms with Crippen LogP contribution in [-0.4, -0.2) is 11.5 Å². The summed E-state index contributed by atoms with van der Waals surface area (Å²) in [4.78, 5) is 4.21. The summed E-state index contributed by atoms with van der Waals surface area (Å²) in [5.41, 5.74) is 8.70. The van der Waals surface area contributed by atoms with Gasteiger partial charge >= 0.3 is 0 Å². The van der Waals surface area contributed by atoms with Crippen molar-refractivity contribution in [1.29, 1.82) is 0 Å². The minimum atomic E-state index is 0.689. The minimum Gasteiger partial charge on any atom is -0.396 e. The Kier molecular flexibility index (Phi) is 3.51. The maximum absolute atomic E-state index is 5.79. The lowest BCUT2D eigenvalue weighted by atomic mass is 10.2. The third-order valence-electron chi connectivity index (χ3n) is 2.06. The topological polar surface area (TPSA) is 50.9 Å². The highest BCUT2D eigenvalue weighted by Gasteiger charge is 1.99. The van der Waals surface area contributed by atoms with E-state index in [1.54, 1.807) is 6.20 Å². The molecule has 1 aromatic heterocycles. The van der Waals surface area contributed by atoms with Crippen LogP contribution in [0.4, 0.5) is 11.5 Å². The van der Waals surface area contributed by atoms with Crippen molar-refractivity contribution in [3.63, 3.8) is 0 Å². The normalized spacial score (nSPS) is 9.86. The maximum Gasteiger partial charge on any atom is 0.149 e. The first-order valence-electron chi connectivity index (χ1n) is 4.76. The van der Waals surface area contributed by atoms with E-state index in [2.05, 4.69) is 23.8 Å².